The van der Waals surface area contributed by atoms with Gasteiger partial charge < -0.3 is 14.4 Å². The van der Waals surface area contributed by atoms with Crippen LogP contribution < -0.4 is 10.9 Å². The van der Waals surface area contributed by atoms with Gasteiger partial charge in [-0.25, -0.2) is 4.98 Å². The Morgan fingerprint density at radius 3 is 2.94 bits per heavy atom. The topological polar surface area (TPSA) is 73.0 Å². The molecule has 0 aliphatic heterocycles. The summed E-state index contributed by atoms with van der Waals surface area (Å²) in [6.07, 6.45) is 4.83. The molecule has 0 fully saturated rings. The van der Waals surface area contributed by atoms with E-state index in [4.69, 9.17) is 4.52 Å². The van der Waals surface area contributed by atoms with E-state index in [0.29, 0.717) is 18.1 Å². The van der Waals surface area contributed by atoms with Gasteiger partial charge in [0.25, 0.3) is 5.56 Å². The molecule has 0 aliphatic carbocycles. The zero-order chi connectivity index (χ0) is 12.3. The third-order valence-corrected chi connectivity index (χ3v) is 2.35. The Kier molecular flexibility index (Phi) is 3.22. The number of hydrogen-bond donors (Lipinski definition) is 1. The lowest BCUT2D eigenvalue weighted by Gasteiger charge is -2.10. The van der Waals surface area contributed by atoms with Crippen molar-refractivity contribution in [2.75, 3.05) is 5.32 Å². The summed E-state index contributed by atoms with van der Waals surface area (Å²) in [6, 6.07) is 1.84. The fourth-order valence-electron chi connectivity index (χ4n) is 1.46. The van der Waals surface area contributed by atoms with E-state index in [1.54, 1.807) is 29.2 Å². The van der Waals surface area contributed by atoms with Crippen LogP contribution in [-0.2, 0) is 6.54 Å². The van der Waals surface area contributed by atoms with Crippen molar-refractivity contribution in [2.24, 2.45) is 0 Å². The lowest BCUT2D eigenvalue weighted by atomic mass is 10.4. The molecule has 6 heteroatoms. The molecule has 2 rings (SSSR count). The van der Waals surface area contributed by atoms with Crippen molar-refractivity contribution >= 4 is 5.82 Å². The highest BCUT2D eigenvalue weighted by atomic mass is 16.5. The smallest absolute Gasteiger partial charge is 0.293 e. The van der Waals surface area contributed by atoms with Crippen LogP contribution in [0, 0.1) is 0 Å². The molecule has 2 heterocycles. The minimum atomic E-state index is -0.137. The predicted molar refractivity (Wildman–Crippen MR) is 62.7 cm³/mol. The Bertz CT molecular complexity index is 531. The molecule has 0 unspecified atom stereocenters. The second-order valence-electron chi connectivity index (χ2n) is 3.91. The summed E-state index contributed by atoms with van der Waals surface area (Å²) in [4.78, 5) is 16.0. The molecule has 2 aromatic heterocycles. The van der Waals surface area contributed by atoms with Crippen LogP contribution in [0.3, 0.4) is 0 Å². The fourth-order valence-corrected chi connectivity index (χ4v) is 1.46. The number of aromatic nitrogens is 3. The molecule has 0 bridgehead atoms. The van der Waals surface area contributed by atoms with E-state index < -0.39 is 0 Å². The minimum absolute atomic E-state index is 0.108. The van der Waals surface area contributed by atoms with Gasteiger partial charge in [0.1, 0.15) is 0 Å². The Balaban J connectivity index is 2.16. The zero-order valence-corrected chi connectivity index (χ0v) is 9.75. The van der Waals surface area contributed by atoms with Crippen molar-refractivity contribution in [2.45, 2.75) is 26.4 Å². The van der Waals surface area contributed by atoms with Crippen LogP contribution >= 0.6 is 0 Å². The van der Waals surface area contributed by atoms with Crippen molar-refractivity contribution in [1.82, 2.24) is 14.7 Å². The summed E-state index contributed by atoms with van der Waals surface area (Å²) in [5.41, 5.74) is -0.137. The number of anilines is 1. The minimum Gasteiger partial charge on any atom is -0.360 e. The van der Waals surface area contributed by atoms with Crippen LogP contribution in [0.2, 0.25) is 0 Å². The normalized spacial score (nSPS) is 10.8. The van der Waals surface area contributed by atoms with Gasteiger partial charge in [-0.3, -0.25) is 4.79 Å². The lowest BCUT2D eigenvalue weighted by molar-refractivity contribution is 0.388. The van der Waals surface area contributed by atoms with Gasteiger partial charge in [-0.05, 0) is 13.8 Å². The van der Waals surface area contributed by atoms with Crippen molar-refractivity contribution in [1.29, 1.82) is 0 Å². The van der Waals surface area contributed by atoms with Crippen LogP contribution in [0.4, 0.5) is 5.82 Å². The summed E-state index contributed by atoms with van der Waals surface area (Å²) in [5.74, 6) is 0.976. The van der Waals surface area contributed by atoms with Gasteiger partial charge >= 0.3 is 0 Å². The average molecular weight is 234 g/mol. The lowest BCUT2D eigenvalue weighted by Crippen LogP contribution is -2.25. The van der Waals surface area contributed by atoms with Crippen LogP contribution in [0.15, 0.2) is 34.0 Å². The highest BCUT2D eigenvalue weighted by Crippen LogP contribution is 2.03. The Morgan fingerprint density at radius 2 is 2.29 bits per heavy atom. The van der Waals surface area contributed by atoms with Gasteiger partial charge in [0.05, 0.1) is 12.7 Å². The second-order valence-corrected chi connectivity index (χ2v) is 3.91. The van der Waals surface area contributed by atoms with Crippen LogP contribution in [-0.4, -0.2) is 14.7 Å². The summed E-state index contributed by atoms with van der Waals surface area (Å²) in [6.45, 7) is 4.29. The number of hydrogen-bond acceptors (Lipinski definition) is 5. The highest BCUT2D eigenvalue weighted by Gasteiger charge is 2.07. The molecule has 0 saturated heterocycles. The quantitative estimate of drug-likeness (QED) is 0.866. The summed E-state index contributed by atoms with van der Waals surface area (Å²) >= 11 is 0. The van der Waals surface area contributed by atoms with Crippen molar-refractivity contribution in [3.63, 3.8) is 0 Å². The molecular formula is C11H14N4O2. The fraction of sp³-hybridized carbons (Fsp3) is 0.364. The second kappa shape index (κ2) is 4.82. The summed E-state index contributed by atoms with van der Waals surface area (Å²) in [7, 11) is 0. The van der Waals surface area contributed by atoms with Crippen LogP contribution in [0.25, 0.3) is 0 Å². The largest absolute Gasteiger partial charge is 0.360 e. The molecule has 0 aliphatic rings. The Hall–Kier alpha value is -2.11. The SMILES string of the molecule is CC(C)n1ccnc(NCc2ccno2)c1=O. The molecule has 1 N–H and O–H groups in total. The van der Waals surface area contributed by atoms with Gasteiger partial charge in [-0.2, -0.15) is 0 Å². The third-order valence-electron chi connectivity index (χ3n) is 2.35. The summed E-state index contributed by atoms with van der Waals surface area (Å²) in [5, 5.41) is 6.52. The zero-order valence-electron chi connectivity index (χ0n) is 9.75. The summed E-state index contributed by atoms with van der Waals surface area (Å²) < 4.78 is 6.54. The molecule has 0 amide bonds. The standard InChI is InChI=1S/C11H14N4O2/c1-8(2)15-6-5-12-10(11(15)16)13-7-9-3-4-14-17-9/h3-6,8H,7H2,1-2H3,(H,12,13). The van der Waals surface area contributed by atoms with Crippen molar-refractivity contribution in [3.8, 4) is 0 Å². The van der Waals surface area contributed by atoms with E-state index in [-0.39, 0.29) is 11.6 Å². The molecule has 17 heavy (non-hydrogen) atoms. The molecule has 0 saturated carbocycles. The molecule has 0 spiro atoms. The Morgan fingerprint density at radius 1 is 1.47 bits per heavy atom. The maximum atomic E-state index is 12.0. The number of nitrogens with one attached hydrogen (secondary N) is 1. The van der Waals surface area contributed by atoms with Gasteiger partial charge in [-0.1, -0.05) is 5.16 Å². The van der Waals surface area contributed by atoms with Gasteiger partial charge in [0.2, 0.25) is 0 Å². The van der Waals surface area contributed by atoms with Gasteiger partial charge in [0, 0.05) is 24.5 Å². The van der Waals surface area contributed by atoms with E-state index in [1.165, 1.54) is 0 Å². The van der Waals surface area contributed by atoms with Gasteiger partial charge in [0.15, 0.2) is 11.6 Å². The third kappa shape index (κ3) is 2.52. The van der Waals surface area contributed by atoms with Crippen molar-refractivity contribution < 1.29 is 4.52 Å². The van der Waals surface area contributed by atoms with Gasteiger partial charge in [-0.15, -0.1) is 0 Å². The average Bonchev–Trinajstić information content (AvgIpc) is 2.80. The first-order valence-electron chi connectivity index (χ1n) is 5.39. The molecular weight excluding hydrogens is 220 g/mol. The Labute approximate surface area is 98.3 Å². The van der Waals surface area contributed by atoms with E-state index in [2.05, 4.69) is 15.5 Å². The molecule has 0 radical (unpaired) electrons. The first kappa shape index (κ1) is 11.4. The molecule has 0 atom stereocenters. The van der Waals surface area contributed by atoms with E-state index in [9.17, 15) is 4.79 Å². The number of nitrogens with zero attached hydrogens (tertiary/aromatic N) is 3. The molecule has 90 valence electrons. The molecule has 0 aromatic carbocycles. The number of rotatable bonds is 4. The molecule has 6 nitrogen and oxygen atoms in total. The maximum Gasteiger partial charge on any atom is 0.293 e. The monoisotopic (exact) mass is 234 g/mol. The van der Waals surface area contributed by atoms with Crippen molar-refractivity contribution in [3.05, 3.63) is 40.8 Å². The first-order chi connectivity index (χ1) is 8.18. The maximum absolute atomic E-state index is 12.0. The van der Waals surface area contributed by atoms with E-state index in [0.717, 1.165) is 0 Å². The van der Waals surface area contributed by atoms with Crippen LogP contribution in [0.5, 0.6) is 0 Å². The van der Waals surface area contributed by atoms with Crippen LogP contribution in [0.1, 0.15) is 25.6 Å². The van der Waals surface area contributed by atoms with E-state index >= 15 is 0 Å². The highest BCUT2D eigenvalue weighted by molar-refractivity contribution is 5.31. The molecule has 2 aromatic rings. The predicted octanol–water partition coefficient (Wildman–Crippen LogP) is 1.42. The first-order valence-corrected chi connectivity index (χ1v) is 5.39. The van der Waals surface area contributed by atoms with E-state index in [1.807, 2.05) is 13.8 Å².